The van der Waals surface area contributed by atoms with Crippen molar-refractivity contribution in [3.63, 3.8) is 0 Å². The second kappa shape index (κ2) is 7.49. The molecule has 0 unspecified atom stereocenters. The summed E-state index contributed by atoms with van der Waals surface area (Å²) in [5.41, 5.74) is 2.72. The van der Waals surface area contributed by atoms with Crippen LogP contribution < -0.4 is 5.32 Å². The van der Waals surface area contributed by atoms with Crippen molar-refractivity contribution >= 4 is 28.7 Å². The van der Waals surface area contributed by atoms with Crippen LogP contribution in [-0.2, 0) is 6.54 Å². The van der Waals surface area contributed by atoms with Gasteiger partial charge in [-0.15, -0.1) is 11.8 Å². The Kier molecular flexibility index (Phi) is 5.15. The molecule has 0 fully saturated rings. The molecular weight excluding hydrogens is 320 g/mol. The highest BCUT2D eigenvalue weighted by atomic mass is 32.2. The molecule has 2 heterocycles. The number of amides is 1. The minimum Gasteiger partial charge on any atom is -0.350 e. The van der Waals surface area contributed by atoms with E-state index in [4.69, 9.17) is 0 Å². The van der Waals surface area contributed by atoms with E-state index in [1.165, 1.54) is 0 Å². The van der Waals surface area contributed by atoms with Crippen LogP contribution in [0.15, 0.2) is 47.6 Å². The molecule has 0 atom stereocenters. The zero-order valence-corrected chi connectivity index (χ0v) is 14.6. The number of nitrogens with zero attached hydrogens (tertiary/aromatic N) is 3. The number of pyridine rings is 1. The van der Waals surface area contributed by atoms with Crippen molar-refractivity contribution in [2.24, 2.45) is 0 Å². The second-order valence-electron chi connectivity index (χ2n) is 5.37. The number of imidazole rings is 1. The van der Waals surface area contributed by atoms with E-state index >= 15 is 0 Å². The van der Waals surface area contributed by atoms with Crippen LogP contribution in [-0.4, -0.2) is 32.7 Å². The molecule has 1 N–H and O–H groups in total. The van der Waals surface area contributed by atoms with Crippen LogP contribution in [0, 0.1) is 6.92 Å². The Hall–Kier alpha value is -2.34. The first-order chi connectivity index (χ1) is 11.7. The maximum Gasteiger partial charge on any atom is 0.251 e. The third-order valence-corrected chi connectivity index (χ3v) is 4.56. The standard InChI is InChI=1S/C18H20N4OS/c1-3-24-17-12-14(8-9-19-17)18(23)20-10-11-22-13(2)21-15-6-4-5-7-16(15)22/h4-9,12H,3,10-11H2,1-2H3,(H,20,23). The highest BCUT2D eigenvalue weighted by Crippen LogP contribution is 2.16. The number of carbonyl (C=O) groups excluding carboxylic acids is 1. The van der Waals surface area contributed by atoms with Crippen LogP contribution in [0.25, 0.3) is 11.0 Å². The number of hydrogen-bond acceptors (Lipinski definition) is 4. The fourth-order valence-electron chi connectivity index (χ4n) is 2.64. The first-order valence-corrected chi connectivity index (χ1v) is 8.96. The van der Waals surface area contributed by atoms with Gasteiger partial charge in [0.15, 0.2) is 0 Å². The van der Waals surface area contributed by atoms with Crippen molar-refractivity contribution in [3.05, 3.63) is 54.0 Å². The van der Waals surface area contributed by atoms with Crippen LogP contribution in [0.5, 0.6) is 0 Å². The molecule has 3 aromatic rings. The molecule has 1 amide bonds. The van der Waals surface area contributed by atoms with Crippen LogP contribution in [0.2, 0.25) is 0 Å². The lowest BCUT2D eigenvalue weighted by Crippen LogP contribution is -2.27. The summed E-state index contributed by atoms with van der Waals surface area (Å²) < 4.78 is 2.13. The van der Waals surface area contributed by atoms with Gasteiger partial charge in [0, 0.05) is 24.8 Å². The maximum atomic E-state index is 12.3. The molecular formula is C18H20N4OS. The summed E-state index contributed by atoms with van der Waals surface area (Å²) in [6.45, 7) is 5.30. The minimum atomic E-state index is -0.0718. The van der Waals surface area contributed by atoms with E-state index in [-0.39, 0.29) is 5.91 Å². The van der Waals surface area contributed by atoms with Gasteiger partial charge in [0.05, 0.1) is 16.1 Å². The SMILES string of the molecule is CCSc1cc(C(=O)NCCn2c(C)nc3ccccc32)ccn1. The first kappa shape index (κ1) is 16.5. The average molecular weight is 340 g/mol. The third kappa shape index (κ3) is 3.59. The molecule has 6 heteroatoms. The van der Waals surface area contributed by atoms with E-state index in [1.54, 1.807) is 24.0 Å². The molecule has 5 nitrogen and oxygen atoms in total. The number of aromatic nitrogens is 3. The number of thioether (sulfide) groups is 1. The summed E-state index contributed by atoms with van der Waals surface area (Å²) in [4.78, 5) is 21.1. The number of aryl methyl sites for hydroxylation is 1. The van der Waals surface area contributed by atoms with Gasteiger partial charge in [-0.05, 0) is 36.9 Å². The fraction of sp³-hybridized carbons (Fsp3) is 0.278. The van der Waals surface area contributed by atoms with Crippen molar-refractivity contribution in [1.29, 1.82) is 0 Å². The first-order valence-electron chi connectivity index (χ1n) is 7.98. The molecule has 0 saturated heterocycles. The summed E-state index contributed by atoms with van der Waals surface area (Å²) in [6.07, 6.45) is 1.68. The van der Waals surface area contributed by atoms with Crippen molar-refractivity contribution in [3.8, 4) is 0 Å². The number of carbonyl (C=O) groups is 1. The van der Waals surface area contributed by atoms with Gasteiger partial charge in [-0.2, -0.15) is 0 Å². The van der Waals surface area contributed by atoms with Crippen molar-refractivity contribution in [1.82, 2.24) is 19.9 Å². The van der Waals surface area contributed by atoms with Crippen LogP contribution in [0.1, 0.15) is 23.1 Å². The Morgan fingerprint density at radius 2 is 2.12 bits per heavy atom. The zero-order valence-electron chi connectivity index (χ0n) is 13.8. The lowest BCUT2D eigenvalue weighted by molar-refractivity contribution is 0.0952. The number of rotatable bonds is 6. The normalized spacial score (nSPS) is 10.9. The molecule has 2 aromatic heterocycles. The topological polar surface area (TPSA) is 59.8 Å². The van der Waals surface area contributed by atoms with E-state index in [9.17, 15) is 4.79 Å². The van der Waals surface area contributed by atoms with E-state index in [2.05, 4.69) is 26.8 Å². The number of fused-ring (bicyclic) bond motifs is 1. The Balaban J connectivity index is 1.64. The predicted molar refractivity (Wildman–Crippen MR) is 97.4 cm³/mol. The lowest BCUT2D eigenvalue weighted by Gasteiger charge is -2.09. The van der Waals surface area contributed by atoms with Crippen LogP contribution in [0.4, 0.5) is 0 Å². The summed E-state index contributed by atoms with van der Waals surface area (Å²) in [5.74, 6) is 1.82. The predicted octanol–water partition coefficient (Wildman–Crippen LogP) is 3.28. The number of nitrogens with one attached hydrogen (secondary N) is 1. The van der Waals surface area contributed by atoms with Gasteiger partial charge in [0.1, 0.15) is 5.82 Å². The Morgan fingerprint density at radius 3 is 2.96 bits per heavy atom. The molecule has 0 bridgehead atoms. The summed E-state index contributed by atoms with van der Waals surface area (Å²) in [6, 6.07) is 11.6. The third-order valence-electron chi connectivity index (χ3n) is 3.76. The minimum absolute atomic E-state index is 0.0718. The summed E-state index contributed by atoms with van der Waals surface area (Å²) >= 11 is 1.63. The van der Waals surface area contributed by atoms with E-state index in [0.717, 1.165) is 27.6 Å². The van der Waals surface area contributed by atoms with Gasteiger partial charge in [-0.25, -0.2) is 9.97 Å². The molecule has 0 aliphatic carbocycles. The monoisotopic (exact) mass is 340 g/mol. The molecule has 0 radical (unpaired) electrons. The van der Waals surface area contributed by atoms with E-state index in [1.807, 2.05) is 37.3 Å². The van der Waals surface area contributed by atoms with Gasteiger partial charge in [-0.1, -0.05) is 19.1 Å². The van der Waals surface area contributed by atoms with Gasteiger partial charge < -0.3 is 9.88 Å². The summed E-state index contributed by atoms with van der Waals surface area (Å²) in [7, 11) is 0. The zero-order chi connectivity index (χ0) is 16.9. The van der Waals surface area contributed by atoms with E-state index < -0.39 is 0 Å². The van der Waals surface area contributed by atoms with Crippen molar-refractivity contribution in [2.45, 2.75) is 25.4 Å². The van der Waals surface area contributed by atoms with Crippen molar-refractivity contribution in [2.75, 3.05) is 12.3 Å². The van der Waals surface area contributed by atoms with Crippen molar-refractivity contribution < 1.29 is 4.79 Å². The van der Waals surface area contributed by atoms with Crippen LogP contribution in [0.3, 0.4) is 0 Å². The number of hydrogen-bond donors (Lipinski definition) is 1. The second-order valence-corrected chi connectivity index (χ2v) is 6.66. The van der Waals surface area contributed by atoms with Crippen LogP contribution >= 0.6 is 11.8 Å². The van der Waals surface area contributed by atoms with E-state index in [0.29, 0.717) is 18.7 Å². The maximum absolute atomic E-state index is 12.3. The molecule has 3 rings (SSSR count). The Labute approximate surface area is 145 Å². The smallest absolute Gasteiger partial charge is 0.251 e. The molecule has 0 aliphatic heterocycles. The number of para-hydroxylation sites is 2. The molecule has 124 valence electrons. The van der Waals surface area contributed by atoms with Gasteiger partial charge in [0.2, 0.25) is 0 Å². The highest BCUT2D eigenvalue weighted by Gasteiger charge is 2.09. The number of benzene rings is 1. The molecule has 0 saturated carbocycles. The van der Waals surface area contributed by atoms with Gasteiger partial charge in [-0.3, -0.25) is 4.79 Å². The average Bonchev–Trinajstić information content (AvgIpc) is 2.91. The highest BCUT2D eigenvalue weighted by molar-refractivity contribution is 7.99. The Morgan fingerprint density at radius 1 is 1.29 bits per heavy atom. The lowest BCUT2D eigenvalue weighted by atomic mass is 10.2. The molecule has 1 aromatic carbocycles. The Bertz CT molecular complexity index is 859. The molecule has 24 heavy (non-hydrogen) atoms. The fourth-order valence-corrected chi connectivity index (χ4v) is 3.28. The molecule has 0 aliphatic rings. The summed E-state index contributed by atoms with van der Waals surface area (Å²) in [5, 5.41) is 3.85. The quantitative estimate of drug-likeness (QED) is 0.700. The van der Waals surface area contributed by atoms with Gasteiger partial charge >= 0.3 is 0 Å². The largest absolute Gasteiger partial charge is 0.350 e. The molecule has 0 spiro atoms. The van der Waals surface area contributed by atoms with Gasteiger partial charge in [0.25, 0.3) is 5.91 Å².